The Morgan fingerprint density at radius 2 is 2.04 bits per heavy atom. The monoisotopic (exact) mass is 320 g/mol. The second-order valence-electron chi connectivity index (χ2n) is 4.95. The molecule has 1 heterocycles. The number of benzodiazepines with no additional fused rings is 1. The molecule has 0 fully saturated rings. The number of halogens is 1. The van der Waals surface area contributed by atoms with Crippen molar-refractivity contribution in [2.45, 2.75) is 6.55 Å². The van der Waals surface area contributed by atoms with Crippen LogP contribution in [0.25, 0.3) is 0 Å². The van der Waals surface area contributed by atoms with Crippen molar-refractivity contribution in [2.75, 3.05) is 11.9 Å². The van der Waals surface area contributed by atoms with Crippen LogP contribution < -0.4 is 5.32 Å². The summed E-state index contributed by atoms with van der Waals surface area (Å²) in [5, 5.41) is 2.80. The normalized spacial score (nSPS) is 13.1. The molecule has 3 nitrogen and oxygen atoms in total. The fourth-order valence-electron chi connectivity index (χ4n) is 2.37. The van der Waals surface area contributed by atoms with E-state index in [1.165, 1.54) is 6.07 Å². The second-order valence-corrected chi connectivity index (χ2v) is 5.70. The fourth-order valence-corrected chi connectivity index (χ4v) is 2.64. The zero-order chi connectivity index (χ0) is 16.2. The van der Waals surface area contributed by atoms with Gasteiger partial charge >= 0.3 is 0 Å². The number of aliphatic imine (C=N–C) groups is 1. The number of benzene rings is 2. The first-order valence-corrected chi connectivity index (χ1v) is 8.60. The number of carbonyl (C=O) groups excluding carboxylic acids is 1. The molecule has 0 unspecified atom stereocenters. The van der Waals surface area contributed by atoms with Crippen molar-refractivity contribution in [2.24, 2.45) is 4.99 Å². The van der Waals surface area contributed by atoms with E-state index in [1.54, 1.807) is 24.3 Å². The predicted molar refractivity (Wildman–Crippen MR) is 90.5 cm³/mol. The van der Waals surface area contributed by atoms with Crippen LogP contribution in [0, 0.1) is 17.3 Å². The highest BCUT2D eigenvalue weighted by molar-refractivity contribution is 6.44. The standard InChI is InChI=1S/C18H13FN2OSi/c1-23-9-8-12-6-7-16-14(10-12)18(20-11-17(22)21-16)13-4-2-3-5-15(13)19/h2-7,10H,11H2,1H3,(H,21,22). The summed E-state index contributed by atoms with van der Waals surface area (Å²) < 4.78 is 14.2. The van der Waals surface area contributed by atoms with Gasteiger partial charge in [0.15, 0.2) is 0 Å². The first-order chi connectivity index (χ1) is 11.2. The Labute approximate surface area is 136 Å². The lowest BCUT2D eigenvalue weighted by molar-refractivity contribution is -0.114. The molecule has 2 aromatic rings. The van der Waals surface area contributed by atoms with E-state index >= 15 is 0 Å². The van der Waals surface area contributed by atoms with Crippen molar-refractivity contribution in [3.8, 4) is 11.5 Å². The highest BCUT2D eigenvalue weighted by atomic mass is 28.2. The molecule has 23 heavy (non-hydrogen) atoms. The lowest BCUT2D eigenvalue weighted by Gasteiger charge is -2.11. The molecule has 112 valence electrons. The minimum absolute atomic E-state index is 0.0320. The molecule has 1 aliphatic heterocycles. The number of anilines is 1. The van der Waals surface area contributed by atoms with Crippen molar-refractivity contribution >= 4 is 26.8 Å². The van der Waals surface area contributed by atoms with E-state index < -0.39 is 0 Å². The Hall–Kier alpha value is -2.71. The topological polar surface area (TPSA) is 41.5 Å². The van der Waals surface area contributed by atoms with Crippen LogP contribution in [0.5, 0.6) is 0 Å². The molecule has 0 atom stereocenters. The minimum atomic E-state index is -0.363. The van der Waals surface area contributed by atoms with Gasteiger partial charge < -0.3 is 5.32 Å². The smallest absolute Gasteiger partial charge is 0.246 e. The van der Waals surface area contributed by atoms with E-state index in [4.69, 9.17) is 0 Å². The summed E-state index contributed by atoms with van der Waals surface area (Å²) in [6.07, 6.45) is 0. The maximum atomic E-state index is 14.2. The Kier molecular flexibility index (Phi) is 4.35. The largest absolute Gasteiger partial charge is 0.324 e. The number of nitrogens with zero attached hydrogens (tertiary/aromatic N) is 1. The van der Waals surface area contributed by atoms with Gasteiger partial charge in [-0.05, 0) is 30.3 Å². The Morgan fingerprint density at radius 1 is 1.22 bits per heavy atom. The fraction of sp³-hybridized carbons (Fsp3) is 0.111. The van der Waals surface area contributed by atoms with E-state index in [0.29, 0.717) is 32.0 Å². The van der Waals surface area contributed by atoms with Gasteiger partial charge in [-0.3, -0.25) is 9.79 Å². The number of amides is 1. The molecule has 0 bridgehead atoms. The van der Waals surface area contributed by atoms with E-state index in [0.717, 1.165) is 5.56 Å². The molecule has 0 spiro atoms. The van der Waals surface area contributed by atoms with Gasteiger partial charge in [-0.2, -0.15) is 0 Å². The molecule has 3 rings (SSSR count). The minimum Gasteiger partial charge on any atom is -0.324 e. The van der Waals surface area contributed by atoms with Gasteiger partial charge in [-0.15, -0.1) is 5.54 Å². The summed E-state index contributed by atoms with van der Waals surface area (Å²) in [4.78, 5) is 16.1. The summed E-state index contributed by atoms with van der Waals surface area (Å²) in [5.74, 6) is 2.48. The average Bonchev–Trinajstić information content (AvgIpc) is 2.71. The molecule has 1 amide bonds. The third-order valence-electron chi connectivity index (χ3n) is 3.39. The van der Waals surface area contributed by atoms with Gasteiger partial charge in [0.05, 0.1) is 11.4 Å². The highest BCUT2D eigenvalue weighted by Gasteiger charge is 2.20. The lowest BCUT2D eigenvalue weighted by Crippen LogP contribution is -2.13. The summed E-state index contributed by atoms with van der Waals surface area (Å²) in [7, 11) is 0.530. The molecule has 0 aromatic heterocycles. The molecule has 5 heteroatoms. The Morgan fingerprint density at radius 3 is 2.83 bits per heavy atom. The van der Waals surface area contributed by atoms with Gasteiger partial charge in [0.25, 0.3) is 0 Å². The maximum absolute atomic E-state index is 14.2. The second kappa shape index (κ2) is 6.59. The summed E-state index contributed by atoms with van der Waals surface area (Å²) in [6, 6.07) is 11.9. The van der Waals surface area contributed by atoms with E-state index in [9.17, 15) is 9.18 Å². The molecule has 1 N–H and O–H groups in total. The highest BCUT2D eigenvalue weighted by Crippen LogP contribution is 2.25. The Bertz CT molecular complexity index is 865. The summed E-state index contributed by atoms with van der Waals surface area (Å²) in [6.45, 7) is 1.97. The van der Waals surface area contributed by atoms with Crippen LogP contribution in [-0.2, 0) is 4.79 Å². The van der Waals surface area contributed by atoms with Crippen molar-refractivity contribution < 1.29 is 9.18 Å². The first kappa shape index (κ1) is 15.2. The maximum Gasteiger partial charge on any atom is 0.246 e. The van der Waals surface area contributed by atoms with E-state index in [1.807, 2.05) is 18.7 Å². The van der Waals surface area contributed by atoms with Gasteiger partial charge in [-0.25, -0.2) is 4.39 Å². The lowest BCUT2D eigenvalue weighted by atomic mass is 9.98. The molecule has 2 radical (unpaired) electrons. The number of carbonyl (C=O) groups is 1. The number of nitrogens with one attached hydrogen (secondary N) is 1. The number of hydrogen-bond acceptors (Lipinski definition) is 2. The van der Waals surface area contributed by atoms with E-state index in [2.05, 4.69) is 21.8 Å². The molecule has 0 aliphatic carbocycles. The van der Waals surface area contributed by atoms with Gasteiger partial charge in [-0.1, -0.05) is 24.6 Å². The summed E-state index contributed by atoms with van der Waals surface area (Å²) >= 11 is 0. The van der Waals surface area contributed by atoms with Crippen molar-refractivity contribution in [3.05, 3.63) is 65.0 Å². The first-order valence-electron chi connectivity index (χ1n) is 7.10. The number of hydrogen-bond donors (Lipinski definition) is 1. The number of fused-ring (bicyclic) bond motifs is 1. The van der Waals surface area contributed by atoms with Crippen molar-refractivity contribution in [1.29, 1.82) is 0 Å². The molecule has 0 saturated heterocycles. The van der Waals surface area contributed by atoms with Crippen LogP contribution in [0.2, 0.25) is 6.55 Å². The summed E-state index contributed by atoms with van der Waals surface area (Å²) in [5.41, 5.74) is 6.02. The average molecular weight is 320 g/mol. The van der Waals surface area contributed by atoms with Gasteiger partial charge in [0, 0.05) is 16.7 Å². The van der Waals surface area contributed by atoms with Crippen molar-refractivity contribution in [1.82, 2.24) is 0 Å². The Balaban J connectivity index is 2.18. The third kappa shape index (κ3) is 3.22. The third-order valence-corrected chi connectivity index (χ3v) is 3.77. The SMILES string of the molecule is C[Si]C#Cc1ccc2c(c1)C(c1ccccc1F)=NCC(=O)N2. The zero-order valence-electron chi connectivity index (χ0n) is 12.5. The van der Waals surface area contributed by atoms with Crippen LogP contribution in [0.15, 0.2) is 47.5 Å². The van der Waals surface area contributed by atoms with Crippen LogP contribution in [0.3, 0.4) is 0 Å². The molecule has 0 saturated carbocycles. The molecule has 1 aliphatic rings. The van der Waals surface area contributed by atoms with Crippen molar-refractivity contribution in [3.63, 3.8) is 0 Å². The number of rotatable bonds is 1. The van der Waals surface area contributed by atoms with Gasteiger partial charge in [0.2, 0.25) is 5.91 Å². The van der Waals surface area contributed by atoms with Crippen LogP contribution in [-0.4, -0.2) is 27.7 Å². The quantitative estimate of drug-likeness (QED) is 0.637. The van der Waals surface area contributed by atoms with E-state index in [-0.39, 0.29) is 18.3 Å². The van der Waals surface area contributed by atoms with Crippen LogP contribution in [0.4, 0.5) is 10.1 Å². The van der Waals surface area contributed by atoms with Gasteiger partial charge in [0.1, 0.15) is 21.9 Å². The zero-order valence-corrected chi connectivity index (χ0v) is 13.5. The van der Waals surface area contributed by atoms with Crippen LogP contribution in [0.1, 0.15) is 16.7 Å². The molecular formula is C18H13FN2OSi. The molecule has 2 aromatic carbocycles. The molecular weight excluding hydrogens is 307 g/mol. The predicted octanol–water partition coefficient (Wildman–Crippen LogP) is 2.68. The van der Waals surface area contributed by atoms with Crippen LogP contribution >= 0.6 is 0 Å².